The van der Waals surface area contributed by atoms with E-state index in [1.54, 1.807) is 6.08 Å². The van der Waals surface area contributed by atoms with E-state index in [1.807, 2.05) is 20.8 Å². The minimum absolute atomic E-state index is 0.926. The van der Waals surface area contributed by atoms with Gasteiger partial charge in [0, 0.05) is 11.9 Å². The van der Waals surface area contributed by atoms with Gasteiger partial charge in [-0.25, -0.2) is 0 Å². The molecule has 0 atom stereocenters. The van der Waals surface area contributed by atoms with Crippen LogP contribution in [0.2, 0.25) is 0 Å². The number of nitrogens with zero attached hydrogens (tertiary/aromatic N) is 1. The van der Waals surface area contributed by atoms with Gasteiger partial charge in [0.05, 0.1) is 0 Å². The van der Waals surface area contributed by atoms with Crippen LogP contribution in [0.15, 0.2) is 30.4 Å². The molecule has 0 rings (SSSR count). The zero-order valence-corrected chi connectivity index (χ0v) is 7.22. The SMILES string of the molecule is C=CN=C(C=C)CC.CC. The quantitative estimate of drug-likeness (QED) is 0.532. The van der Waals surface area contributed by atoms with E-state index < -0.39 is 0 Å². The third-order valence-corrected chi connectivity index (χ3v) is 0.855. The van der Waals surface area contributed by atoms with Crippen LogP contribution in [0, 0.1) is 0 Å². The van der Waals surface area contributed by atoms with Crippen LogP contribution in [0.3, 0.4) is 0 Å². The maximum absolute atomic E-state index is 3.92. The van der Waals surface area contributed by atoms with Crippen molar-refractivity contribution in [1.29, 1.82) is 0 Å². The summed E-state index contributed by atoms with van der Waals surface area (Å²) in [5, 5.41) is 0. The molecule has 58 valence electrons. The molecule has 0 aromatic rings. The first-order valence-corrected chi connectivity index (χ1v) is 3.65. The lowest BCUT2D eigenvalue weighted by Crippen LogP contribution is -1.85. The highest BCUT2D eigenvalue weighted by Gasteiger charge is 1.81. The topological polar surface area (TPSA) is 12.4 Å². The summed E-state index contributed by atoms with van der Waals surface area (Å²) in [7, 11) is 0. The standard InChI is InChI=1S/C7H11N.C2H6/c1-4-7(5-2)8-6-3;1-2/h4,6H,1,3,5H2,2H3;1-2H3. The molecule has 0 heterocycles. The Hall–Kier alpha value is -0.850. The Bertz CT molecular complexity index is 112. The molecule has 0 bridgehead atoms. The van der Waals surface area contributed by atoms with Crippen molar-refractivity contribution >= 4 is 5.71 Å². The van der Waals surface area contributed by atoms with Gasteiger partial charge in [0.15, 0.2) is 0 Å². The van der Waals surface area contributed by atoms with Crippen LogP contribution in [0.25, 0.3) is 0 Å². The fourth-order valence-corrected chi connectivity index (χ4v) is 0.406. The Morgan fingerprint density at radius 1 is 1.40 bits per heavy atom. The molecule has 1 nitrogen and oxygen atoms in total. The van der Waals surface area contributed by atoms with Crippen LogP contribution < -0.4 is 0 Å². The van der Waals surface area contributed by atoms with Crippen molar-refractivity contribution in [3.05, 3.63) is 25.4 Å². The Labute approximate surface area is 64.2 Å². The molecule has 0 unspecified atom stereocenters. The maximum atomic E-state index is 3.92. The fraction of sp³-hybridized carbons (Fsp3) is 0.444. The van der Waals surface area contributed by atoms with Gasteiger partial charge in [0.2, 0.25) is 0 Å². The summed E-state index contributed by atoms with van der Waals surface area (Å²) >= 11 is 0. The molecular weight excluding hydrogens is 122 g/mol. The van der Waals surface area contributed by atoms with E-state index in [9.17, 15) is 0 Å². The third-order valence-electron chi connectivity index (χ3n) is 0.855. The Morgan fingerprint density at radius 2 is 1.90 bits per heavy atom. The molecule has 10 heavy (non-hydrogen) atoms. The van der Waals surface area contributed by atoms with Crippen molar-refractivity contribution in [2.24, 2.45) is 4.99 Å². The number of aliphatic imine (C=N–C) groups is 1. The van der Waals surface area contributed by atoms with E-state index >= 15 is 0 Å². The second-order valence-electron chi connectivity index (χ2n) is 1.36. The highest BCUT2D eigenvalue weighted by molar-refractivity contribution is 5.94. The van der Waals surface area contributed by atoms with Gasteiger partial charge in [-0.15, -0.1) is 0 Å². The van der Waals surface area contributed by atoms with Crippen molar-refractivity contribution in [3.63, 3.8) is 0 Å². The van der Waals surface area contributed by atoms with Crippen molar-refractivity contribution in [3.8, 4) is 0 Å². The van der Waals surface area contributed by atoms with Gasteiger partial charge in [-0.05, 0) is 12.5 Å². The van der Waals surface area contributed by atoms with Crippen molar-refractivity contribution in [2.75, 3.05) is 0 Å². The minimum Gasteiger partial charge on any atom is -0.262 e. The van der Waals surface area contributed by atoms with Crippen molar-refractivity contribution < 1.29 is 0 Å². The summed E-state index contributed by atoms with van der Waals surface area (Å²) in [5.41, 5.74) is 0.986. The zero-order valence-electron chi connectivity index (χ0n) is 7.22. The van der Waals surface area contributed by atoms with Crippen LogP contribution in [-0.2, 0) is 0 Å². The van der Waals surface area contributed by atoms with E-state index in [4.69, 9.17) is 0 Å². The maximum Gasteiger partial charge on any atom is 0.0394 e. The molecule has 0 aliphatic carbocycles. The highest BCUT2D eigenvalue weighted by Crippen LogP contribution is 1.86. The largest absolute Gasteiger partial charge is 0.262 e. The first-order chi connectivity index (χ1) is 4.85. The molecule has 0 aromatic carbocycles. The van der Waals surface area contributed by atoms with Gasteiger partial charge in [-0.3, -0.25) is 4.99 Å². The summed E-state index contributed by atoms with van der Waals surface area (Å²) < 4.78 is 0. The molecule has 0 aliphatic heterocycles. The molecule has 0 aliphatic rings. The van der Waals surface area contributed by atoms with Gasteiger partial charge < -0.3 is 0 Å². The van der Waals surface area contributed by atoms with Crippen LogP contribution in [-0.4, -0.2) is 5.71 Å². The normalized spacial score (nSPS) is 9.30. The fourth-order valence-electron chi connectivity index (χ4n) is 0.406. The molecule has 0 amide bonds. The molecule has 0 spiro atoms. The second kappa shape index (κ2) is 11.0. The number of hydrogen-bond donors (Lipinski definition) is 0. The number of rotatable bonds is 3. The molecule has 0 fully saturated rings. The lowest BCUT2D eigenvalue weighted by atomic mass is 10.3. The van der Waals surface area contributed by atoms with Crippen molar-refractivity contribution in [2.45, 2.75) is 27.2 Å². The van der Waals surface area contributed by atoms with Gasteiger partial charge in [0.25, 0.3) is 0 Å². The molecule has 1 heteroatoms. The first kappa shape index (κ1) is 11.9. The van der Waals surface area contributed by atoms with Crippen LogP contribution >= 0.6 is 0 Å². The lowest BCUT2D eigenvalue weighted by molar-refractivity contribution is 1.28. The Morgan fingerprint density at radius 3 is 2.00 bits per heavy atom. The van der Waals surface area contributed by atoms with Crippen LogP contribution in [0.4, 0.5) is 0 Å². The Balaban J connectivity index is 0. The first-order valence-electron chi connectivity index (χ1n) is 3.65. The van der Waals surface area contributed by atoms with Crippen LogP contribution in [0.1, 0.15) is 27.2 Å². The molecule has 0 saturated heterocycles. The lowest BCUT2D eigenvalue weighted by Gasteiger charge is -1.87. The average molecular weight is 139 g/mol. The molecular formula is C9H17N. The summed E-state index contributed by atoms with van der Waals surface area (Å²) in [6.07, 6.45) is 4.19. The Kier molecular flexibility index (Phi) is 13.1. The van der Waals surface area contributed by atoms with E-state index in [-0.39, 0.29) is 0 Å². The smallest absolute Gasteiger partial charge is 0.0394 e. The predicted molar refractivity (Wildman–Crippen MR) is 49.5 cm³/mol. The summed E-state index contributed by atoms with van der Waals surface area (Å²) in [6.45, 7) is 13.1. The summed E-state index contributed by atoms with van der Waals surface area (Å²) in [5.74, 6) is 0. The minimum atomic E-state index is 0.926. The molecule has 0 radical (unpaired) electrons. The molecule has 0 N–H and O–H groups in total. The molecule has 0 saturated carbocycles. The third kappa shape index (κ3) is 7.15. The van der Waals surface area contributed by atoms with E-state index in [0.717, 1.165) is 12.1 Å². The van der Waals surface area contributed by atoms with Crippen molar-refractivity contribution in [1.82, 2.24) is 0 Å². The average Bonchev–Trinajstić information content (AvgIpc) is 2.04. The van der Waals surface area contributed by atoms with Gasteiger partial charge in [0.1, 0.15) is 0 Å². The number of hydrogen-bond acceptors (Lipinski definition) is 1. The van der Waals surface area contributed by atoms with E-state index in [2.05, 4.69) is 18.2 Å². The molecule has 0 aromatic heterocycles. The van der Waals surface area contributed by atoms with E-state index in [1.165, 1.54) is 6.20 Å². The zero-order chi connectivity index (χ0) is 8.41. The second-order valence-corrected chi connectivity index (χ2v) is 1.36. The van der Waals surface area contributed by atoms with Crippen LogP contribution in [0.5, 0.6) is 0 Å². The van der Waals surface area contributed by atoms with E-state index in [0.29, 0.717) is 0 Å². The summed E-state index contributed by atoms with van der Waals surface area (Å²) in [6, 6.07) is 0. The summed E-state index contributed by atoms with van der Waals surface area (Å²) in [4.78, 5) is 3.92. The highest BCUT2D eigenvalue weighted by atomic mass is 14.7. The number of allylic oxidation sites excluding steroid dienone is 1. The predicted octanol–water partition coefficient (Wildman–Crippen LogP) is 3.19. The van der Waals surface area contributed by atoms with Gasteiger partial charge in [-0.2, -0.15) is 0 Å². The van der Waals surface area contributed by atoms with Gasteiger partial charge in [-0.1, -0.05) is 33.9 Å². The van der Waals surface area contributed by atoms with Gasteiger partial charge >= 0.3 is 0 Å². The monoisotopic (exact) mass is 139 g/mol.